The molecular formula is C14H17N3OS. The molecule has 0 saturated heterocycles. The lowest BCUT2D eigenvalue weighted by Crippen LogP contribution is -2.23. The first kappa shape index (κ1) is 13.5. The van der Waals surface area contributed by atoms with E-state index in [0.29, 0.717) is 24.5 Å². The summed E-state index contributed by atoms with van der Waals surface area (Å²) in [4.78, 5) is 15.8. The fourth-order valence-electron chi connectivity index (χ4n) is 1.79. The minimum absolute atomic E-state index is 0.0353. The molecule has 5 heteroatoms. The Morgan fingerprint density at radius 2 is 2.32 bits per heavy atom. The van der Waals surface area contributed by atoms with Gasteiger partial charge >= 0.3 is 0 Å². The summed E-state index contributed by atoms with van der Waals surface area (Å²) in [5, 5.41) is 5.35. The molecule has 0 aliphatic carbocycles. The van der Waals surface area contributed by atoms with Crippen molar-refractivity contribution in [3.8, 4) is 0 Å². The number of anilines is 1. The van der Waals surface area contributed by atoms with Crippen molar-refractivity contribution in [3.05, 3.63) is 46.5 Å². The van der Waals surface area contributed by atoms with Gasteiger partial charge in [0.1, 0.15) is 0 Å². The molecule has 19 heavy (non-hydrogen) atoms. The second kappa shape index (κ2) is 6.33. The van der Waals surface area contributed by atoms with Crippen LogP contribution in [0.4, 0.5) is 5.13 Å². The van der Waals surface area contributed by atoms with Crippen LogP contribution in [0, 0.1) is 6.92 Å². The normalized spacial score (nSPS) is 10.4. The second-order valence-electron chi connectivity index (χ2n) is 4.44. The minimum atomic E-state index is 0.0353. The molecule has 0 aliphatic heterocycles. The number of nitrogen functional groups attached to an aromatic ring is 1. The van der Waals surface area contributed by atoms with Crippen molar-refractivity contribution in [1.29, 1.82) is 0 Å². The third-order valence-corrected chi connectivity index (χ3v) is 3.47. The quantitative estimate of drug-likeness (QED) is 0.879. The average molecular weight is 275 g/mol. The van der Waals surface area contributed by atoms with Gasteiger partial charge in [0.15, 0.2) is 5.13 Å². The first-order chi connectivity index (χ1) is 9.13. The van der Waals surface area contributed by atoms with Gasteiger partial charge in [-0.15, -0.1) is 11.3 Å². The monoisotopic (exact) mass is 275 g/mol. The number of aryl methyl sites for hydroxylation is 2. The van der Waals surface area contributed by atoms with E-state index in [-0.39, 0.29) is 5.91 Å². The van der Waals surface area contributed by atoms with E-state index >= 15 is 0 Å². The molecule has 1 aromatic heterocycles. The van der Waals surface area contributed by atoms with Crippen LogP contribution < -0.4 is 11.1 Å². The molecule has 4 nitrogen and oxygen atoms in total. The highest BCUT2D eigenvalue weighted by atomic mass is 32.1. The number of carbonyl (C=O) groups excluding carboxylic acids is 1. The van der Waals surface area contributed by atoms with E-state index in [0.717, 1.165) is 11.3 Å². The van der Waals surface area contributed by atoms with Gasteiger partial charge in [-0.1, -0.05) is 29.8 Å². The van der Waals surface area contributed by atoms with Gasteiger partial charge in [0.05, 0.1) is 5.69 Å². The number of aromatic nitrogens is 1. The minimum Gasteiger partial charge on any atom is -0.375 e. The molecule has 1 heterocycles. The molecule has 2 aromatic rings. The number of nitrogens with two attached hydrogens (primary N) is 1. The Balaban J connectivity index is 1.75. The molecule has 0 fully saturated rings. The topological polar surface area (TPSA) is 68.0 Å². The van der Waals surface area contributed by atoms with Crippen LogP contribution in [0.15, 0.2) is 29.6 Å². The van der Waals surface area contributed by atoms with E-state index < -0.39 is 0 Å². The van der Waals surface area contributed by atoms with Crippen LogP contribution in [0.1, 0.15) is 23.2 Å². The lowest BCUT2D eigenvalue weighted by molar-refractivity contribution is -0.121. The van der Waals surface area contributed by atoms with Gasteiger partial charge in [0.2, 0.25) is 5.91 Å². The molecule has 2 rings (SSSR count). The van der Waals surface area contributed by atoms with Crippen molar-refractivity contribution in [3.63, 3.8) is 0 Å². The molecule has 100 valence electrons. The molecular weight excluding hydrogens is 258 g/mol. The lowest BCUT2D eigenvalue weighted by Gasteiger charge is -2.05. The molecule has 0 saturated carbocycles. The highest BCUT2D eigenvalue weighted by Crippen LogP contribution is 2.12. The van der Waals surface area contributed by atoms with Crippen LogP contribution in [-0.2, 0) is 17.8 Å². The zero-order chi connectivity index (χ0) is 13.7. The number of rotatable bonds is 5. The van der Waals surface area contributed by atoms with Crippen LogP contribution in [0.3, 0.4) is 0 Å². The van der Waals surface area contributed by atoms with Crippen molar-refractivity contribution in [2.75, 3.05) is 5.73 Å². The van der Waals surface area contributed by atoms with Gasteiger partial charge < -0.3 is 11.1 Å². The van der Waals surface area contributed by atoms with Crippen LogP contribution in [0.2, 0.25) is 0 Å². The number of amides is 1. The van der Waals surface area contributed by atoms with E-state index in [1.807, 2.05) is 30.5 Å². The molecule has 0 atom stereocenters. The fourth-order valence-corrected chi connectivity index (χ4v) is 2.39. The zero-order valence-electron chi connectivity index (χ0n) is 10.8. The number of nitrogens with zero attached hydrogens (tertiary/aromatic N) is 1. The van der Waals surface area contributed by atoms with Gasteiger partial charge in [0, 0.05) is 18.3 Å². The third kappa shape index (κ3) is 4.37. The molecule has 0 bridgehead atoms. The van der Waals surface area contributed by atoms with Gasteiger partial charge in [-0.3, -0.25) is 4.79 Å². The molecule has 0 unspecified atom stereocenters. The maximum atomic E-state index is 11.7. The average Bonchev–Trinajstić information content (AvgIpc) is 2.80. The van der Waals surface area contributed by atoms with E-state index in [1.165, 1.54) is 16.9 Å². The Morgan fingerprint density at radius 1 is 1.47 bits per heavy atom. The van der Waals surface area contributed by atoms with Crippen LogP contribution in [0.5, 0.6) is 0 Å². The Kier molecular flexibility index (Phi) is 4.52. The summed E-state index contributed by atoms with van der Waals surface area (Å²) in [6, 6.07) is 8.11. The molecule has 0 aliphatic rings. The summed E-state index contributed by atoms with van der Waals surface area (Å²) in [6.07, 6.45) is 1.07. The number of nitrogens with one attached hydrogen (secondary N) is 1. The fraction of sp³-hybridized carbons (Fsp3) is 0.286. The van der Waals surface area contributed by atoms with Crippen LogP contribution in [0.25, 0.3) is 0 Å². The van der Waals surface area contributed by atoms with E-state index in [1.54, 1.807) is 0 Å². The standard InChI is InChI=1S/C14H17N3OS/c1-10-3-2-4-11(7-10)8-16-13(18)6-5-12-9-19-14(15)17-12/h2-4,7,9H,5-6,8H2,1H3,(H2,15,17)(H,16,18). The first-order valence-corrected chi connectivity index (χ1v) is 7.03. The molecule has 0 spiro atoms. The first-order valence-electron chi connectivity index (χ1n) is 6.15. The summed E-state index contributed by atoms with van der Waals surface area (Å²) in [5.74, 6) is 0.0353. The van der Waals surface area contributed by atoms with Crippen molar-refractivity contribution >= 4 is 22.4 Å². The summed E-state index contributed by atoms with van der Waals surface area (Å²) < 4.78 is 0. The van der Waals surface area contributed by atoms with Crippen LogP contribution >= 0.6 is 11.3 Å². The predicted molar refractivity (Wildman–Crippen MR) is 77.9 cm³/mol. The van der Waals surface area contributed by atoms with Crippen LogP contribution in [-0.4, -0.2) is 10.9 Å². The Bertz CT molecular complexity index is 565. The van der Waals surface area contributed by atoms with E-state index in [9.17, 15) is 4.79 Å². The number of hydrogen-bond donors (Lipinski definition) is 2. The summed E-state index contributed by atoms with van der Waals surface area (Å²) in [7, 11) is 0. The molecule has 3 N–H and O–H groups in total. The van der Waals surface area contributed by atoms with E-state index in [4.69, 9.17) is 5.73 Å². The second-order valence-corrected chi connectivity index (χ2v) is 5.33. The van der Waals surface area contributed by atoms with Crippen molar-refractivity contribution in [1.82, 2.24) is 10.3 Å². The summed E-state index contributed by atoms with van der Waals surface area (Å²) >= 11 is 1.40. The maximum absolute atomic E-state index is 11.7. The van der Waals surface area contributed by atoms with Gasteiger partial charge in [-0.05, 0) is 18.9 Å². The predicted octanol–water partition coefficient (Wildman–Crippen LogP) is 2.28. The number of hydrogen-bond acceptors (Lipinski definition) is 4. The lowest BCUT2D eigenvalue weighted by atomic mass is 10.1. The molecule has 0 radical (unpaired) electrons. The van der Waals surface area contributed by atoms with Crippen molar-refractivity contribution in [2.45, 2.75) is 26.3 Å². The largest absolute Gasteiger partial charge is 0.375 e. The zero-order valence-corrected chi connectivity index (χ0v) is 11.7. The Labute approximate surface area is 116 Å². The summed E-state index contributed by atoms with van der Waals surface area (Å²) in [5.41, 5.74) is 8.74. The van der Waals surface area contributed by atoms with Crippen molar-refractivity contribution in [2.24, 2.45) is 0 Å². The number of thiazole rings is 1. The highest BCUT2D eigenvalue weighted by molar-refractivity contribution is 7.13. The van der Waals surface area contributed by atoms with Gasteiger partial charge in [-0.2, -0.15) is 0 Å². The van der Waals surface area contributed by atoms with Gasteiger partial charge in [0.25, 0.3) is 0 Å². The third-order valence-electron chi connectivity index (χ3n) is 2.75. The number of carbonyl (C=O) groups is 1. The molecule has 1 aromatic carbocycles. The Hall–Kier alpha value is -1.88. The van der Waals surface area contributed by atoms with Gasteiger partial charge in [-0.25, -0.2) is 4.98 Å². The Morgan fingerprint density at radius 3 is 3.00 bits per heavy atom. The number of benzene rings is 1. The summed E-state index contributed by atoms with van der Waals surface area (Å²) in [6.45, 7) is 2.61. The van der Waals surface area contributed by atoms with Crippen molar-refractivity contribution < 1.29 is 4.79 Å². The molecule has 1 amide bonds. The smallest absolute Gasteiger partial charge is 0.220 e. The SMILES string of the molecule is Cc1cccc(CNC(=O)CCc2csc(N)n2)c1. The van der Waals surface area contributed by atoms with E-state index in [2.05, 4.69) is 16.4 Å². The maximum Gasteiger partial charge on any atom is 0.220 e. The highest BCUT2D eigenvalue weighted by Gasteiger charge is 2.04.